The van der Waals surface area contributed by atoms with Gasteiger partial charge in [-0.05, 0) is 0 Å². The monoisotopic (exact) mass is 195 g/mol. The molecule has 0 aliphatic carbocycles. The fraction of sp³-hybridized carbons (Fsp3) is 0.143. The molecule has 1 rings (SSSR count). The zero-order valence-corrected chi connectivity index (χ0v) is 6.88. The van der Waals surface area contributed by atoms with Crippen molar-refractivity contribution in [3.63, 3.8) is 0 Å². The van der Waals surface area contributed by atoms with Gasteiger partial charge in [0.15, 0.2) is 0 Å². The van der Waals surface area contributed by atoms with Crippen LogP contribution in [0.15, 0.2) is 12.3 Å². The van der Waals surface area contributed by atoms with Crippen molar-refractivity contribution < 1.29 is 14.8 Å². The molecule has 0 amide bonds. The first-order chi connectivity index (χ1) is 6.56. The molecule has 1 aromatic heterocycles. The molecule has 1 heterocycles. The van der Waals surface area contributed by atoms with Crippen LogP contribution in [0, 0.1) is 21.4 Å². The molecule has 7 nitrogen and oxygen atoms in total. The summed E-state index contributed by atoms with van der Waals surface area (Å²) >= 11 is 0. The Morgan fingerprint density at radius 2 is 2.43 bits per heavy atom. The molecule has 1 aromatic rings. The predicted molar refractivity (Wildman–Crippen MR) is 43.7 cm³/mol. The number of aromatic carboxylic acids is 1. The van der Waals surface area contributed by atoms with Crippen LogP contribution in [0.4, 0.5) is 5.69 Å². The number of hydrogen-bond donors (Lipinski definition) is 1. The minimum absolute atomic E-state index is 0.227. The lowest BCUT2D eigenvalue weighted by molar-refractivity contribution is -0.384. The van der Waals surface area contributed by atoms with Crippen LogP contribution in [0.1, 0.15) is 10.5 Å². The van der Waals surface area contributed by atoms with E-state index in [0.717, 1.165) is 16.8 Å². The molecule has 0 spiro atoms. The van der Waals surface area contributed by atoms with Gasteiger partial charge in [0.05, 0.1) is 17.2 Å². The number of carboxylic acids is 1. The third kappa shape index (κ3) is 1.69. The van der Waals surface area contributed by atoms with Crippen LogP contribution in [-0.2, 0) is 6.54 Å². The van der Waals surface area contributed by atoms with Crippen LogP contribution in [0.3, 0.4) is 0 Å². The van der Waals surface area contributed by atoms with Crippen molar-refractivity contribution in [1.82, 2.24) is 4.57 Å². The van der Waals surface area contributed by atoms with Crippen molar-refractivity contribution in [1.29, 1.82) is 5.26 Å². The van der Waals surface area contributed by atoms with Crippen molar-refractivity contribution in [2.45, 2.75) is 6.54 Å². The van der Waals surface area contributed by atoms with Gasteiger partial charge in [0, 0.05) is 6.07 Å². The maximum absolute atomic E-state index is 10.6. The Kier molecular flexibility index (Phi) is 2.48. The zero-order valence-electron chi connectivity index (χ0n) is 6.88. The lowest BCUT2D eigenvalue weighted by Gasteiger charge is -1.96. The normalized spacial score (nSPS) is 9.36. The van der Waals surface area contributed by atoms with E-state index in [-0.39, 0.29) is 17.9 Å². The van der Waals surface area contributed by atoms with Gasteiger partial charge in [-0.1, -0.05) is 0 Å². The van der Waals surface area contributed by atoms with Crippen molar-refractivity contribution in [2.24, 2.45) is 0 Å². The fourth-order valence-electron chi connectivity index (χ4n) is 0.981. The first-order valence-corrected chi connectivity index (χ1v) is 3.51. The molecule has 72 valence electrons. The predicted octanol–water partition coefficient (Wildman–Crippen LogP) is 0.618. The lowest BCUT2D eigenvalue weighted by Crippen LogP contribution is -2.06. The second-order valence-electron chi connectivity index (χ2n) is 2.43. The van der Waals surface area contributed by atoms with Crippen molar-refractivity contribution in [3.05, 3.63) is 28.1 Å². The van der Waals surface area contributed by atoms with Gasteiger partial charge in [-0.2, -0.15) is 5.26 Å². The maximum Gasteiger partial charge on any atom is 0.352 e. The van der Waals surface area contributed by atoms with Gasteiger partial charge in [-0.25, -0.2) is 4.79 Å². The molecule has 0 radical (unpaired) electrons. The number of rotatable bonds is 3. The van der Waals surface area contributed by atoms with Gasteiger partial charge < -0.3 is 9.67 Å². The van der Waals surface area contributed by atoms with Gasteiger partial charge >= 0.3 is 5.97 Å². The zero-order chi connectivity index (χ0) is 10.7. The average Bonchev–Trinajstić information content (AvgIpc) is 2.49. The van der Waals surface area contributed by atoms with Gasteiger partial charge in [0.25, 0.3) is 5.69 Å². The summed E-state index contributed by atoms with van der Waals surface area (Å²) in [6.45, 7) is -0.227. The smallest absolute Gasteiger partial charge is 0.352 e. The minimum Gasteiger partial charge on any atom is -0.477 e. The molecule has 1 N–H and O–H groups in total. The highest BCUT2D eigenvalue weighted by Gasteiger charge is 2.18. The molecular weight excluding hydrogens is 190 g/mol. The quantitative estimate of drug-likeness (QED) is 0.561. The third-order valence-electron chi connectivity index (χ3n) is 1.55. The van der Waals surface area contributed by atoms with E-state index < -0.39 is 10.9 Å². The van der Waals surface area contributed by atoms with E-state index in [1.807, 2.05) is 0 Å². The molecule has 0 unspecified atom stereocenters. The van der Waals surface area contributed by atoms with Crippen LogP contribution < -0.4 is 0 Å². The third-order valence-corrected chi connectivity index (χ3v) is 1.55. The summed E-state index contributed by atoms with van der Waals surface area (Å²) in [6, 6.07) is 2.62. The van der Waals surface area contributed by atoms with Gasteiger partial charge in [0.2, 0.25) is 0 Å². The number of nitriles is 1. The Hall–Kier alpha value is -2.36. The highest BCUT2D eigenvalue weighted by molar-refractivity contribution is 5.86. The van der Waals surface area contributed by atoms with Crippen LogP contribution >= 0.6 is 0 Å². The molecule has 0 saturated heterocycles. The van der Waals surface area contributed by atoms with Gasteiger partial charge in [-0.3, -0.25) is 10.1 Å². The highest BCUT2D eigenvalue weighted by atomic mass is 16.6. The molecule has 0 aliphatic heterocycles. The molecule has 0 aliphatic rings. The summed E-state index contributed by atoms with van der Waals surface area (Å²) in [5.74, 6) is -1.30. The highest BCUT2D eigenvalue weighted by Crippen LogP contribution is 2.16. The Morgan fingerprint density at radius 3 is 2.86 bits per heavy atom. The lowest BCUT2D eigenvalue weighted by atomic mass is 10.4. The summed E-state index contributed by atoms with van der Waals surface area (Å²) < 4.78 is 1.01. The average molecular weight is 195 g/mol. The number of aromatic nitrogens is 1. The van der Waals surface area contributed by atoms with E-state index in [4.69, 9.17) is 10.4 Å². The molecule has 0 aromatic carbocycles. The summed E-state index contributed by atoms with van der Waals surface area (Å²) in [5.41, 5.74) is -0.601. The van der Waals surface area contributed by atoms with E-state index in [0.29, 0.717) is 0 Å². The summed E-state index contributed by atoms with van der Waals surface area (Å²) in [6.07, 6.45) is 1.02. The topological polar surface area (TPSA) is 109 Å². The number of hydrogen-bond acceptors (Lipinski definition) is 4. The number of carbonyl (C=O) groups is 1. The summed E-state index contributed by atoms with van der Waals surface area (Å²) in [5, 5.41) is 27.3. The first-order valence-electron chi connectivity index (χ1n) is 3.51. The van der Waals surface area contributed by atoms with Crippen molar-refractivity contribution >= 4 is 11.7 Å². The Bertz CT molecular complexity index is 429. The number of nitrogens with zero attached hydrogens (tertiary/aromatic N) is 3. The molecule has 0 atom stereocenters. The van der Waals surface area contributed by atoms with Crippen molar-refractivity contribution in [2.75, 3.05) is 0 Å². The Labute approximate surface area is 77.9 Å². The van der Waals surface area contributed by atoms with E-state index in [1.165, 1.54) is 0 Å². The second-order valence-corrected chi connectivity index (χ2v) is 2.43. The van der Waals surface area contributed by atoms with Crippen molar-refractivity contribution in [3.8, 4) is 6.07 Å². The number of nitro groups is 1. The van der Waals surface area contributed by atoms with Crippen LogP contribution in [0.2, 0.25) is 0 Å². The SMILES string of the molecule is N#CCn1cc([N+](=O)[O-])cc1C(=O)O. The first kappa shape index (κ1) is 9.73. The molecule has 0 bridgehead atoms. The second kappa shape index (κ2) is 3.57. The largest absolute Gasteiger partial charge is 0.477 e. The van der Waals surface area contributed by atoms with E-state index >= 15 is 0 Å². The molecule has 14 heavy (non-hydrogen) atoms. The maximum atomic E-state index is 10.6. The minimum atomic E-state index is -1.30. The van der Waals surface area contributed by atoms with E-state index in [9.17, 15) is 14.9 Å². The standard InChI is InChI=1S/C7H5N3O4/c8-1-2-9-4-5(10(13)14)3-6(9)7(11)12/h3-4H,2H2,(H,11,12). The van der Waals surface area contributed by atoms with Gasteiger partial charge in [0.1, 0.15) is 12.2 Å². The molecular formula is C7H5N3O4. The Balaban J connectivity index is 3.20. The van der Waals surface area contributed by atoms with Gasteiger partial charge in [-0.15, -0.1) is 0 Å². The molecule has 0 saturated carbocycles. The Morgan fingerprint density at radius 1 is 1.79 bits per heavy atom. The fourth-order valence-corrected chi connectivity index (χ4v) is 0.981. The van der Waals surface area contributed by atoms with E-state index in [1.54, 1.807) is 6.07 Å². The summed E-state index contributed by atoms with van der Waals surface area (Å²) in [7, 11) is 0. The van der Waals surface area contributed by atoms with E-state index in [2.05, 4.69) is 0 Å². The van der Waals surface area contributed by atoms with Crippen LogP contribution in [0.25, 0.3) is 0 Å². The van der Waals surface area contributed by atoms with Crippen LogP contribution in [-0.4, -0.2) is 20.6 Å². The number of carboxylic acid groups (broad SMARTS) is 1. The molecule has 7 heteroatoms. The summed E-state index contributed by atoms with van der Waals surface area (Å²) in [4.78, 5) is 20.2. The molecule has 0 fully saturated rings. The van der Waals surface area contributed by atoms with Crippen LogP contribution in [0.5, 0.6) is 0 Å².